The molecule has 104 valence electrons. The first kappa shape index (κ1) is 14.4. The van der Waals surface area contributed by atoms with Crippen molar-refractivity contribution in [2.75, 3.05) is 0 Å². The molecule has 3 heterocycles. The van der Waals surface area contributed by atoms with E-state index >= 15 is 0 Å². The van der Waals surface area contributed by atoms with Gasteiger partial charge in [-0.25, -0.2) is 0 Å². The average molecular weight is 276 g/mol. The Bertz CT molecular complexity index is 600. The number of rotatable bonds is 0. The zero-order chi connectivity index (χ0) is 14.6. The van der Waals surface area contributed by atoms with E-state index in [0.717, 1.165) is 5.52 Å². The third kappa shape index (κ3) is 5.65. The molecular formula is C17H16N4. The summed E-state index contributed by atoms with van der Waals surface area (Å²) in [6.07, 6.45) is 8.77. The fourth-order valence-corrected chi connectivity index (χ4v) is 1.54. The molecule has 4 aromatic rings. The summed E-state index contributed by atoms with van der Waals surface area (Å²) in [5.41, 5.74) is 1.06. The summed E-state index contributed by atoms with van der Waals surface area (Å²) >= 11 is 0. The predicted molar refractivity (Wildman–Crippen MR) is 84.6 cm³/mol. The number of hydrogen-bond donors (Lipinski definition) is 1. The molecular weight excluding hydrogens is 260 g/mol. The zero-order valence-electron chi connectivity index (χ0n) is 11.5. The Labute approximate surface area is 123 Å². The second-order valence-corrected chi connectivity index (χ2v) is 3.99. The van der Waals surface area contributed by atoms with Crippen molar-refractivity contribution < 1.29 is 0 Å². The largest absolute Gasteiger partial charge is 0.286 e. The van der Waals surface area contributed by atoms with Gasteiger partial charge in [-0.3, -0.25) is 15.1 Å². The van der Waals surface area contributed by atoms with Crippen LogP contribution in [0.1, 0.15) is 0 Å². The number of aromatic amines is 1. The Kier molecular flexibility index (Phi) is 6.16. The Hall–Kier alpha value is -3.01. The summed E-state index contributed by atoms with van der Waals surface area (Å²) in [6, 6.07) is 19.6. The Morgan fingerprint density at radius 1 is 0.667 bits per heavy atom. The van der Waals surface area contributed by atoms with Crippen LogP contribution in [0, 0.1) is 0 Å². The van der Waals surface area contributed by atoms with E-state index in [2.05, 4.69) is 32.3 Å². The number of fused-ring (bicyclic) bond motifs is 1. The van der Waals surface area contributed by atoms with Crippen molar-refractivity contribution >= 4 is 10.9 Å². The highest BCUT2D eigenvalue weighted by molar-refractivity contribution is 5.77. The number of nitrogens with one attached hydrogen (secondary N) is 1. The van der Waals surface area contributed by atoms with Gasteiger partial charge in [-0.1, -0.05) is 30.3 Å². The molecule has 0 radical (unpaired) electrons. The summed E-state index contributed by atoms with van der Waals surface area (Å²) < 4.78 is 0. The van der Waals surface area contributed by atoms with Gasteiger partial charge in [-0.2, -0.15) is 5.10 Å². The molecule has 0 spiro atoms. The lowest BCUT2D eigenvalue weighted by Gasteiger charge is -1.91. The summed E-state index contributed by atoms with van der Waals surface area (Å²) in [5, 5.41) is 7.41. The van der Waals surface area contributed by atoms with Crippen molar-refractivity contribution in [2.45, 2.75) is 0 Å². The lowest BCUT2D eigenvalue weighted by molar-refractivity contribution is 1.09. The van der Waals surface area contributed by atoms with E-state index in [1.54, 1.807) is 24.8 Å². The van der Waals surface area contributed by atoms with Gasteiger partial charge in [-0.05, 0) is 30.3 Å². The van der Waals surface area contributed by atoms with E-state index in [9.17, 15) is 0 Å². The first-order valence-electron chi connectivity index (χ1n) is 6.55. The maximum Gasteiger partial charge on any atom is 0.0701 e. The Balaban J connectivity index is 0.000000126. The third-order valence-corrected chi connectivity index (χ3v) is 2.48. The standard InChI is InChI=1S/C9H7N.C5H5N.C3H4N2/c1-2-6-9-8(4-1)5-3-7-10-9;1-2-4-6-5-3-1;1-2-4-5-3-1/h1-7H;1-5H;1-3H,(H,4,5). The summed E-state index contributed by atoms with van der Waals surface area (Å²) in [6.45, 7) is 0. The molecule has 0 amide bonds. The van der Waals surface area contributed by atoms with Crippen molar-refractivity contribution in [1.82, 2.24) is 20.2 Å². The number of benzene rings is 1. The second-order valence-electron chi connectivity index (χ2n) is 3.99. The van der Waals surface area contributed by atoms with E-state index in [-0.39, 0.29) is 0 Å². The first-order chi connectivity index (χ1) is 10.5. The normalized spacial score (nSPS) is 8.95. The molecule has 1 aromatic carbocycles. The molecule has 0 saturated heterocycles. The molecule has 0 bridgehead atoms. The molecule has 0 aliphatic heterocycles. The first-order valence-corrected chi connectivity index (χ1v) is 6.55. The van der Waals surface area contributed by atoms with Crippen LogP contribution in [0.2, 0.25) is 0 Å². The summed E-state index contributed by atoms with van der Waals surface area (Å²) in [5.74, 6) is 0. The lowest BCUT2D eigenvalue weighted by Crippen LogP contribution is -1.73. The number of H-pyrrole nitrogens is 1. The fraction of sp³-hybridized carbons (Fsp3) is 0. The van der Waals surface area contributed by atoms with Crippen molar-refractivity contribution in [3.63, 3.8) is 0 Å². The highest BCUT2D eigenvalue weighted by atomic mass is 15.1. The molecule has 4 heteroatoms. The number of aromatic nitrogens is 4. The fourth-order valence-electron chi connectivity index (χ4n) is 1.54. The van der Waals surface area contributed by atoms with E-state index in [1.807, 2.05) is 54.7 Å². The van der Waals surface area contributed by atoms with E-state index in [0.29, 0.717) is 0 Å². The van der Waals surface area contributed by atoms with Gasteiger partial charge in [0.2, 0.25) is 0 Å². The van der Waals surface area contributed by atoms with Crippen molar-refractivity contribution in [3.8, 4) is 0 Å². The van der Waals surface area contributed by atoms with Crippen LogP contribution in [-0.4, -0.2) is 20.2 Å². The van der Waals surface area contributed by atoms with Crippen LogP contribution in [-0.2, 0) is 0 Å². The molecule has 21 heavy (non-hydrogen) atoms. The number of para-hydroxylation sites is 1. The van der Waals surface area contributed by atoms with Gasteiger partial charge in [0.05, 0.1) is 5.52 Å². The monoisotopic (exact) mass is 276 g/mol. The molecule has 0 atom stereocenters. The predicted octanol–water partition coefficient (Wildman–Crippen LogP) is 3.73. The minimum Gasteiger partial charge on any atom is -0.286 e. The molecule has 3 aromatic heterocycles. The van der Waals surface area contributed by atoms with E-state index in [4.69, 9.17) is 0 Å². The molecule has 0 aliphatic carbocycles. The maximum atomic E-state index is 4.18. The van der Waals surface area contributed by atoms with Gasteiger partial charge in [-0.15, -0.1) is 0 Å². The number of nitrogens with zero attached hydrogens (tertiary/aromatic N) is 3. The molecule has 0 aliphatic rings. The zero-order valence-corrected chi connectivity index (χ0v) is 11.5. The molecule has 4 nitrogen and oxygen atoms in total. The van der Waals surface area contributed by atoms with Gasteiger partial charge in [0.15, 0.2) is 0 Å². The quantitative estimate of drug-likeness (QED) is 0.532. The molecule has 4 rings (SSSR count). The summed E-state index contributed by atoms with van der Waals surface area (Å²) in [4.78, 5) is 7.97. The third-order valence-electron chi connectivity index (χ3n) is 2.48. The average Bonchev–Trinajstić information content (AvgIpc) is 3.17. The van der Waals surface area contributed by atoms with Gasteiger partial charge in [0, 0.05) is 36.4 Å². The van der Waals surface area contributed by atoms with Crippen LogP contribution in [0.4, 0.5) is 0 Å². The van der Waals surface area contributed by atoms with Crippen LogP contribution >= 0.6 is 0 Å². The van der Waals surface area contributed by atoms with Gasteiger partial charge >= 0.3 is 0 Å². The van der Waals surface area contributed by atoms with Crippen molar-refractivity contribution in [3.05, 3.63) is 91.6 Å². The van der Waals surface area contributed by atoms with Crippen LogP contribution < -0.4 is 0 Å². The Morgan fingerprint density at radius 2 is 1.48 bits per heavy atom. The van der Waals surface area contributed by atoms with Crippen molar-refractivity contribution in [1.29, 1.82) is 0 Å². The topological polar surface area (TPSA) is 54.5 Å². The molecule has 0 fully saturated rings. The minimum absolute atomic E-state index is 1.06. The van der Waals surface area contributed by atoms with Gasteiger partial charge in [0.25, 0.3) is 0 Å². The highest BCUT2D eigenvalue weighted by Gasteiger charge is 1.86. The van der Waals surface area contributed by atoms with Crippen LogP contribution in [0.5, 0.6) is 0 Å². The maximum absolute atomic E-state index is 4.18. The number of pyridine rings is 2. The number of hydrogen-bond acceptors (Lipinski definition) is 3. The van der Waals surface area contributed by atoms with Crippen LogP contribution in [0.3, 0.4) is 0 Å². The SMILES string of the molecule is c1ccc2ncccc2c1.c1ccncc1.c1cn[nH]c1. The molecule has 1 N–H and O–H groups in total. The summed E-state index contributed by atoms with van der Waals surface area (Å²) in [7, 11) is 0. The van der Waals surface area contributed by atoms with Gasteiger partial charge < -0.3 is 0 Å². The lowest BCUT2D eigenvalue weighted by atomic mass is 10.2. The second kappa shape index (κ2) is 8.98. The van der Waals surface area contributed by atoms with Crippen LogP contribution in [0.15, 0.2) is 91.6 Å². The smallest absolute Gasteiger partial charge is 0.0701 e. The molecule has 0 saturated carbocycles. The van der Waals surface area contributed by atoms with E-state index < -0.39 is 0 Å². The van der Waals surface area contributed by atoms with Crippen molar-refractivity contribution in [2.24, 2.45) is 0 Å². The Morgan fingerprint density at radius 3 is 2.00 bits per heavy atom. The van der Waals surface area contributed by atoms with Crippen LogP contribution in [0.25, 0.3) is 10.9 Å². The van der Waals surface area contributed by atoms with Gasteiger partial charge in [0.1, 0.15) is 0 Å². The minimum atomic E-state index is 1.06. The highest BCUT2D eigenvalue weighted by Crippen LogP contribution is 2.07. The molecule has 0 unspecified atom stereocenters. The van der Waals surface area contributed by atoms with E-state index in [1.165, 1.54) is 5.39 Å².